The molecule has 1 N–H and O–H groups in total. The van der Waals surface area contributed by atoms with Crippen molar-refractivity contribution in [2.24, 2.45) is 0 Å². The largest absolute Gasteiger partial charge is 0.480 e. The number of rotatable bonds is 6. The maximum atomic E-state index is 10.5. The Morgan fingerprint density at radius 2 is 1.92 bits per heavy atom. The molecule has 0 atom stereocenters. The molecule has 0 aromatic heterocycles. The summed E-state index contributed by atoms with van der Waals surface area (Å²) in [7, 11) is 0. The summed E-state index contributed by atoms with van der Waals surface area (Å²) in [4.78, 5) is 10.5. The molecule has 0 aliphatic heterocycles. The van der Waals surface area contributed by atoms with E-state index in [1.54, 1.807) is 0 Å². The Kier molecular flexibility index (Phi) is 5.84. The third-order valence-corrected chi connectivity index (χ3v) is 2.55. The second kappa shape index (κ2) is 5.75. The van der Waals surface area contributed by atoms with E-state index in [-0.39, 0.29) is 0 Å². The van der Waals surface area contributed by atoms with Gasteiger partial charge >= 0.3 is 5.97 Å². The molecule has 12 heavy (non-hydrogen) atoms. The molecule has 0 saturated carbocycles. The third-order valence-electron chi connectivity index (χ3n) is 1.72. The Labute approximate surface area is 84.6 Å². The minimum Gasteiger partial charge on any atom is -0.480 e. The van der Waals surface area contributed by atoms with Crippen LogP contribution < -0.4 is 0 Å². The summed E-state index contributed by atoms with van der Waals surface area (Å²) >= 11 is 7.90. The smallest absolute Gasteiger partial charge is 0.329 e. The molecule has 0 rings (SSSR count). The molecule has 0 aliphatic rings. The summed E-state index contributed by atoms with van der Waals surface area (Å²) in [6.45, 7) is 2.12. The number of carbonyl (C=O) groups is 1. The van der Waals surface area contributed by atoms with E-state index in [4.69, 9.17) is 5.11 Å². The molecule has 0 radical (unpaired) electrons. The lowest BCUT2D eigenvalue weighted by molar-refractivity contribution is -0.137. The van der Waals surface area contributed by atoms with Gasteiger partial charge in [-0.05, 0) is 6.42 Å². The number of hydrogen-bond donors (Lipinski definition) is 3. The summed E-state index contributed by atoms with van der Waals surface area (Å²) in [5.41, 5.74) is 0. The fourth-order valence-electron chi connectivity index (χ4n) is 0.905. The topological polar surface area (TPSA) is 37.3 Å². The van der Waals surface area contributed by atoms with Gasteiger partial charge in [-0.15, -0.1) is 0 Å². The van der Waals surface area contributed by atoms with Crippen molar-refractivity contribution in [2.45, 2.75) is 43.1 Å². The highest BCUT2D eigenvalue weighted by atomic mass is 32.2. The first-order valence-corrected chi connectivity index (χ1v) is 5.08. The first-order valence-electron chi connectivity index (χ1n) is 4.19. The average molecular weight is 208 g/mol. The van der Waals surface area contributed by atoms with E-state index in [9.17, 15) is 4.79 Å². The molecule has 0 spiro atoms. The van der Waals surface area contributed by atoms with Gasteiger partial charge in [0, 0.05) is 0 Å². The van der Waals surface area contributed by atoms with E-state index in [0.29, 0.717) is 6.42 Å². The Morgan fingerprint density at radius 1 is 1.33 bits per heavy atom. The normalized spacial score (nSPS) is 11.6. The van der Waals surface area contributed by atoms with E-state index in [1.807, 2.05) is 0 Å². The van der Waals surface area contributed by atoms with Crippen molar-refractivity contribution in [3.63, 3.8) is 0 Å². The Morgan fingerprint density at radius 3 is 2.33 bits per heavy atom. The molecule has 72 valence electrons. The van der Waals surface area contributed by atoms with Crippen LogP contribution >= 0.6 is 25.3 Å². The molecule has 0 amide bonds. The van der Waals surface area contributed by atoms with Crippen LogP contribution in [0.4, 0.5) is 0 Å². The molecule has 0 saturated heterocycles. The van der Waals surface area contributed by atoms with Crippen molar-refractivity contribution >= 4 is 31.2 Å². The lowest BCUT2D eigenvalue weighted by Crippen LogP contribution is -2.25. The van der Waals surface area contributed by atoms with E-state index in [1.165, 1.54) is 0 Å². The second-order valence-corrected chi connectivity index (χ2v) is 4.81. The second-order valence-electron chi connectivity index (χ2n) is 2.93. The highest BCUT2D eigenvalue weighted by Crippen LogP contribution is 2.26. The quantitative estimate of drug-likeness (QED) is 0.356. The fourth-order valence-corrected chi connectivity index (χ4v) is 1.22. The summed E-state index contributed by atoms with van der Waals surface area (Å²) in [6, 6.07) is 0. The van der Waals surface area contributed by atoms with Crippen LogP contribution in [0.1, 0.15) is 39.0 Å². The Balaban J connectivity index is 3.54. The highest BCUT2D eigenvalue weighted by Gasteiger charge is 2.28. The minimum atomic E-state index is -1.15. The first kappa shape index (κ1) is 12.2. The SMILES string of the molecule is CCCCCCC(S)(S)C(=O)O. The summed E-state index contributed by atoms with van der Waals surface area (Å²) in [5, 5.41) is 8.65. The minimum absolute atomic E-state index is 0.522. The van der Waals surface area contributed by atoms with Gasteiger partial charge < -0.3 is 5.11 Å². The lowest BCUT2D eigenvalue weighted by atomic mass is 10.1. The van der Waals surface area contributed by atoms with Gasteiger partial charge in [0.15, 0.2) is 4.08 Å². The predicted octanol–water partition coefficient (Wildman–Crippen LogP) is 2.60. The lowest BCUT2D eigenvalue weighted by Gasteiger charge is -2.16. The molecule has 4 heteroatoms. The number of thiol groups is 2. The summed E-state index contributed by atoms with van der Waals surface area (Å²) < 4.78 is -1.15. The number of carboxylic acids is 1. The van der Waals surface area contributed by atoms with Gasteiger partial charge in [0.1, 0.15) is 0 Å². The third kappa shape index (κ3) is 4.93. The van der Waals surface area contributed by atoms with Crippen LogP contribution in [0.3, 0.4) is 0 Å². The van der Waals surface area contributed by atoms with Gasteiger partial charge in [0.2, 0.25) is 0 Å². The average Bonchev–Trinajstić information content (AvgIpc) is 1.98. The zero-order valence-electron chi connectivity index (χ0n) is 7.29. The van der Waals surface area contributed by atoms with Gasteiger partial charge in [0.05, 0.1) is 0 Å². The van der Waals surface area contributed by atoms with E-state index in [2.05, 4.69) is 32.2 Å². The maximum absolute atomic E-state index is 10.5. The molecule has 2 nitrogen and oxygen atoms in total. The van der Waals surface area contributed by atoms with Crippen LogP contribution in [0.5, 0.6) is 0 Å². The van der Waals surface area contributed by atoms with Crippen LogP contribution in [0.25, 0.3) is 0 Å². The van der Waals surface area contributed by atoms with Gasteiger partial charge in [-0.2, -0.15) is 25.3 Å². The van der Waals surface area contributed by atoms with Crippen molar-refractivity contribution in [3.05, 3.63) is 0 Å². The molecule has 0 fully saturated rings. The maximum Gasteiger partial charge on any atom is 0.329 e. The van der Waals surface area contributed by atoms with E-state index in [0.717, 1.165) is 25.7 Å². The summed E-state index contributed by atoms with van der Waals surface area (Å²) in [5.74, 6) is -0.953. The molecule has 0 bridgehead atoms. The van der Waals surface area contributed by atoms with Crippen LogP contribution in [0, 0.1) is 0 Å². The van der Waals surface area contributed by atoms with Crippen LogP contribution in [-0.2, 0) is 4.79 Å². The monoisotopic (exact) mass is 208 g/mol. The molecule has 0 aromatic rings. The zero-order chi connectivity index (χ0) is 9.61. The number of unbranched alkanes of at least 4 members (excludes halogenated alkanes) is 3. The molecule has 0 aliphatic carbocycles. The Hall–Kier alpha value is 0.170. The zero-order valence-corrected chi connectivity index (χ0v) is 9.07. The van der Waals surface area contributed by atoms with Crippen molar-refractivity contribution in [1.82, 2.24) is 0 Å². The fraction of sp³-hybridized carbons (Fsp3) is 0.875. The molecule has 0 unspecified atom stereocenters. The molecule has 0 heterocycles. The molecular formula is C8H16O2S2. The number of carboxylic acid groups (broad SMARTS) is 1. The van der Waals surface area contributed by atoms with Crippen LogP contribution in [-0.4, -0.2) is 15.2 Å². The van der Waals surface area contributed by atoms with Gasteiger partial charge in [-0.25, -0.2) is 4.79 Å². The highest BCUT2D eigenvalue weighted by molar-refractivity contribution is 8.01. The van der Waals surface area contributed by atoms with Gasteiger partial charge in [-0.3, -0.25) is 0 Å². The van der Waals surface area contributed by atoms with Crippen molar-refractivity contribution in [1.29, 1.82) is 0 Å². The van der Waals surface area contributed by atoms with Crippen molar-refractivity contribution in [3.8, 4) is 0 Å². The van der Waals surface area contributed by atoms with Crippen molar-refractivity contribution in [2.75, 3.05) is 0 Å². The van der Waals surface area contributed by atoms with Crippen LogP contribution in [0.15, 0.2) is 0 Å². The molecular weight excluding hydrogens is 192 g/mol. The van der Waals surface area contributed by atoms with E-state index < -0.39 is 10.0 Å². The van der Waals surface area contributed by atoms with Gasteiger partial charge in [-0.1, -0.05) is 32.6 Å². The predicted molar refractivity (Wildman–Crippen MR) is 57.1 cm³/mol. The number of hydrogen-bond acceptors (Lipinski definition) is 3. The van der Waals surface area contributed by atoms with Crippen LogP contribution in [0.2, 0.25) is 0 Å². The van der Waals surface area contributed by atoms with Crippen molar-refractivity contribution < 1.29 is 9.90 Å². The van der Waals surface area contributed by atoms with E-state index >= 15 is 0 Å². The first-order chi connectivity index (χ1) is 5.50. The number of aliphatic carboxylic acids is 1. The standard InChI is InChI=1S/C8H16O2S2/c1-2-3-4-5-6-8(11,12)7(9)10/h11-12H,2-6H2,1H3,(H,9,10). The van der Waals surface area contributed by atoms with Gasteiger partial charge in [0.25, 0.3) is 0 Å². The molecule has 0 aromatic carbocycles. The summed E-state index contributed by atoms with van der Waals surface area (Å²) in [6.07, 6.45) is 4.77. The Bertz CT molecular complexity index is 146.